The first-order chi connectivity index (χ1) is 11.7. The van der Waals surface area contributed by atoms with Gasteiger partial charge in [0.05, 0.1) is 0 Å². The van der Waals surface area contributed by atoms with Crippen LogP contribution in [0.1, 0.15) is 53.0 Å². The number of aryl methyl sites for hydroxylation is 1. The number of hydrogen-bond acceptors (Lipinski definition) is 0. The summed E-state index contributed by atoms with van der Waals surface area (Å²) in [5.74, 6) is 0.956. The summed E-state index contributed by atoms with van der Waals surface area (Å²) in [6.45, 7) is 6.81. The third-order valence-corrected chi connectivity index (χ3v) is 5.18. The van der Waals surface area contributed by atoms with Crippen molar-refractivity contribution in [1.29, 1.82) is 0 Å². The first-order valence-corrected chi connectivity index (χ1v) is 8.83. The average molecular weight is 314 g/mol. The van der Waals surface area contributed by atoms with Gasteiger partial charge >= 0.3 is 0 Å². The van der Waals surface area contributed by atoms with Crippen molar-refractivity contribution < 1.29 is 0 Å². The van der Waals surface area contributed by atoms with E-state index in [9.17, 15) is 0 Å². The average Bonchev–Trinajstić information content (AvgIpc) is 2.63. The molecule has 0 bridgehead atoms. The molecule has 0 radical (unpaired) electrons. The van der Waals surface area contributed by atoms with Crippen LogP contribution in [0.5, 0.6) is 0 Å². The molecule has 0 heterocycles. The number of rotatable bonds is 5. The minimum absolute atomic E-state index is 0.432. The van der Waals surface area contributed by atoms with Gasteiger partial charge in [-0.1, -0.05) is 85.8 Å². The van der Waals surface area contributed by atoms with Gasteiger partial charge < -0.3 is 0 Å². The van der Waals surface area contributed by atoms with E-state index in [2.05, 4.69) is 99.6 Å². The fourth-order valence-electron chi connectivity index (χ4n) is 3.55. The van der Waals surface area contributed by atoms with Crippen LogP contribution in [-0.4, -0.2) is 0 Å². The normalized spacial score (nSPS) is 13.5. The quantitative estimate of drug-likeness (QED) is 0.496. The zero-order chi connectivity index (χ0) is 16.9. The van der Waals surface area contributed by atoms with Gasteiger partial charge in [-0.3, -0.25) is 0 Å². The van der Waals surface area contributed by atoms with E-state index < -0.39 is 0 Å². The molecule has 0 amide bonds. The van der Waals surface area contributed by atoms with E-state index in [1.54, 1.807) is 0 Å². The summed E-state index contributed by atoms with van der Waals surface area (Å²) < 4.78 is 0. The van der Waals surface area contributed by atoms with Crippen molar-refractivity contribution in [3.8, 4) is 0 Å². The van der Waals surface area contributed by atoms with Gasteiger partial charge in [-0.25, -0.2) is 0 Å². The van der Waals surface area contributed by atoms with E-state index in [-0.39, 0.29) is 0 Å². The Morgan fingerprint density at radius 1 is 0.667 bits per heavy atom. The Bertz CT molecular complexity index is 772. The second kappa shape index (κ2) is 7.49. The molecule has 0 saturated carbocycles. The summed E-state index contributed by atoms with van der Waals surface area (Å²) in [4.78, 5) is 0. The van der Waals surface area contributed by atoms with E-state index in [0.717, 1.165) is 6.42 Å². The molecule has 3 aromatic rings. The van der Waals surface area contributed by atoms with Gasteiger partial charge in [-0.2, -0.15) is 0 Å². The largest absolute Gasteiger partial charge is 0.0622 e. The summed E-state index contributed by atoms with van der Waals surface area (Å²) in [7, 11) is 0. The van der Waals surface area contributed by atoms with Crippen LogP contribution in [0.4, 0.5) is 0 Å². The third-order valence-electron chi connectivity index (χ3n) is 5.18. The van der Waals surface area contributed by atoms with Crippen molar-refractivity contribution in [2.75, 3.05) is 0 Å². The molecule has 0 N–H and O–H groups in total. The maximum Gasteiger partial charge on any atom is 0.00977 e. The Hall–Kier alpha value is -2.34. The molecule has 2 atom stereocenters. The van der Waals surface area contributed by atoms with E-state index in [1.807, 2.05) is 0 Å². The predicted octanol–water partition coefficient (Wildman–Crippen LogP) is 6.63. The monoisotopic (exact) mass is 314 g/mol. The van der Waals surface area contributed by atoms with Crippen LogP contribution >= 0.6 is 0 Å². The first-order valence-electron chi connectivity index (χ1n) is 8.83. The summed E-state index contributed by atoms with van der Waals surface area (Å²) in [6.07, 6.45) is 1.12. The zero-order valence-electron chi connectivity index (χ0n) is 14.9. The molecule has 0 heteroatoms. The summed E-state index contributed by atoms with van der Waals surface area (Å²) >= 11 is 0. The molecule has 24 heavy (non-hydrogen) atoms. The van der Waals surface area contributed by atoms with Crippen LogP contribution in [0, 0.1) is 13.8 Å². The molecule has 0 saturated heterocycles. The maximum atomic E-state index is 2.34. The van der Waals surface area contributed by atoms with Crippen molar-refractivity contribution in [3.05, 3.63) is 107 Å². The number of benzene rings is 3. The maximum absolute atomic E-state index is 2.34. The molecule has 0 aliphatic carbocycles. The Morgan fingerprint density at radius 2 is 1.25 bits per heavy atom. The highest BCUT2D eigenvalue weighted by Crippen LogP contribution is 2.36. The molecule has 0 spiro atoms. The molecule has 0 nitrogen and oxygen atoms in total. The van der Waals surface area contributed by atoms with Crippen molar-refractivity contribution in [1.82, 2.24) is 0 Å². The number of hydrogen-bond donors (Lipinski definition) is 0. The van der Waals surface area contributed by atoms with Gasteiger partial charge in [-0.05, 0) is 54.0 Å². The molecule has 3 rings (SSSR count). The van der Waals surface area contributed by atoms with Crippen molar-refractivity contribution in [2.45, 2.75) is 39.0 Å². The third kappa shape index (κ3) is 3.59. The molecule has 0 aliphatic heterocycles. The predicted molar refractivity (Wildman–Crippen MR) is 104 cm³/mol. The molecule has 0 aliphatic rings. The summed E-state index contributed by atoms with van der Waals surface area (Å²) in [6, 6.07) is 28.5. The fourth-order valence-corrected chi connectivity index (χ4v) is 3.55. The van der Waals surface area contributed by atoms with Crippen LogP contribution in [-0.2, 0) is 0 Å². The summed E-state index contributed by atoms with van der Waals surface area (Å²) in [5, 5.41) is 0. The van der Waals surface area contributed by atoms with Crippen LogP contribution < -0.4 is 0 Å². The summed E-state index contributed by atoms with van der Waals surface area (Å²) in [5.41, 5.74) is 7.09. The van der Waals surface area contributed by atoms with E-state index in [0.29, 0.717) is 11.8 Å². The van der Waals surface area contributed by atoms with Gasteiger partial charge in [0.1, 0.15) is 0 Å². The van der Waals surface area contributed by atoms with Gasteiger partial charge in [0.15, 0.2) is 0 Å². The highest BCUT2D eigenvalue weighted by atomic mass is 14.2. The Morgan fingerprint density at radius 3 is 1.88 bits per heavy atom. The molecular formula is C24H26. The Kier molecular flexibility index (Phi) is 5.15. The highest BCUT2D eigenvalue weighted by Gasteiger charge is 2.20. The second-order valence-electron chi connectivity index (χ2n) is 6.80. The van der Waals surface area contributed by atoms with E-state index in [1.165, 1.54) is 27.8 Å². The van der Waals surface area contributed by atoms with Gasteiger partial charge in [-0.15, -0.1) is 0 Å². The fraction of sp³-hybridized carbons (Fsp3) is 0.250. The Labute approximate surface area is 146 Å². The lowest BCUT2D eigenvalue weighted by Gasteiger charge is -2.24. The zero-order valence-corrected chi connectivity index (χ0v) is 14.9. The lowest BCUT2D eigenvalue weighted by atomic mass is 9.80. The minimum Gasteiger partial charge on any atom is -0.0622 e. The van der Waals surface area contributed by atoms with Crippen molar-refractivity contribution in [2.24, 2.45) is 0 Å². The van der Waals surface area contributed by atoms with Crippen LogP contribution in [0.15, 0.2) is 78.9 Å². The van der Waals surface area contributed by atoms with Crippen LogP contribution in [0.3, 0.4) is 0 Å². The van der Waals surface area contributed by atoms with Crippen LogP contribution in [0.25, 0.3) is 0 Å². The lowest BCUT2D eigenvalue weighted by molar-refractivity contribution is 0.614. The SMILES string of the molecule is Cc1cccc(C(CC(C)c2ccccc2)c2ccccc2)c1C. The van der Waals surface area contributed by atoms with Gasteiger partial charge in [0.25, 0.3) is 0 Å². The molecule has 122 valence electrons. The standard InChI is InChI=1S/C24H26/c1-18-11-10-16-23(20(18)3)24(22-14-8-5-9-15-22)17-19(2)21-12-6-4-7-13-21/h4-16,19,24H,17H2,1-3H3. The molecular weight excluding hydrogens is 288 g/mol. The van der Waals surface area contributed by atoms with Crippen LogP contribution in [0.2, 0.25) is 0 Å². The highest BCUT2D eigenvalue weighted by molar-refractivity contribution is 5.41. The van der Waals surface area contributed by atoms with E-state index in [4.69, 9.17) is 0 Å². The first kappa shape index (κ1) is 16.5. The van der Waals surface area contributed by atoms with Gasteiger partial charge in [0, 0.05) is 5.92 Å². The molecule has 3 aromatic carbocycles. The molecule has 2 unspecified atom stereocenters. The second-order valence-corrected chi connectivity index (χ2v) is 6.80. The van der Waals surface area contributed by atoms with Crippen molar-refractivity contribution >= 4 is 0 Å². The smallest absolute Gasteiger partial charge is 0.00977 e. The molecule has 0 fully saturated rings. The lowest BCUT2D eigenvalue weighted by Crippen LogP contribution is -2.08. The topological polar surface area (TPSA) is 0 Å². The van der Waals surface area contributed by atoms with E-state index >= 15 is 0 Å². The van der Waals surface area contributed by atoms with Gasteiger partial charge in [0.2, 0.25) is 0 Å². The molecule has 0 aromatic heterocycles. The minimum atomic E-state index is 0.432. The Balaban J connectivity index is 1.98. The van der Waals surface area contributed by atoms with Crippen molar-refractivity contribution in [3.63, 3.8) is 0 Å².